The number of carbonyl (C=O) groups is 1. The van der Waals surface area contributed by atoms with Gasteiger partial charge < -0.3 is 15.2 Å². The Bertz CT molecular complexity index is 525. The molecule has 2 N–H and O–H groups in total. The smallest absolute Gasteiger partial charge is 0.317 e. The van der Waals surface area contributed by atoms with E-state index in [0.717, 1.165) is 38.4 Å². The van der Waals surface area contributed by atoms with Crippen LogP contribution in [0.3, 0.4) is 0 Å². The molecular formula is C18H28N4O. The number of hydrogen-bond acceptors (Lipinski definition) is 2. The number of urea groups is 1. The van der Waals surface area contributed by atoms with Gasteiger partial charge in [-0.1, -0.05) is 12.8 Å². The zero-order valence-corrected chi connectivity index (χ0v) is 13.9. The monoisotopic (exact) mass is 316 g/mol. The van der Waals surface area contributed by atoms with E-state index in [1.165, 1.54) is 44.2 Å². The van der Waals surface area contributed by atoms with E-state index in [-0.39, 0.29) is 6.03 Å². The minimum absolute atomic E-state index is 0.152. The molecule has 1 aliphatic heterocycles. The average Bonchev–Trinajstić information content (AvgIpc) is 3.02. The standard InChI is InChI=1S/C18H28N4O/c23-17(20-12-18(7-2-8-18)15-3-1-4-15)22-9-5-14(6-10-22)16-11-19-13-21-16/h11,13-15H,1-10,12H2,(H,19,21)(H,20,23). The number of aromatic amines is 1. The third-order valence-corrected chi connectivity index (χ3v) is 6.65. The van der Waals surface area contributed by atoms with E-state index in [2.05, 4.69) is 15.3 Å². The SMILES string of the molecule is O=C(NCC1(C2CCC2)CCC1)N1CCC(c2cnc[nH]2)CC1. The van der Waals surface area contributed by atoms with Crippen molar-refractivity contribution in [3.8, 4) is 0 Å². The molecule has 2 aliphatic carbocycles. The van der Waals surface area contributed by atoms with Gasteiger partial charge in [0.05, 0.1) is 6.33 Å². The van der Waals surface area contributed by atoms with Crippen molar-refractivity contribution in [3.05, 3.63) is 18.2 Å². The normalized spacial score (nSPS) is 24.8. The Labute approximate surface area is 138 Å². The van der Waals surface area contributed by atoms with Crippen LogP contribution < -0.4 is 5.32 Å². The van der Waals surface area contributed by atoms with E-state index in [4.69, 9.17) is 0 Å². The number of rotatable bonds is 4. The van der Waals surface area contributed by atoms with E-state index in [9.17, 15) is 4.79 Å². The van der Waals surface area contributed by atoms with Crippen molar-refractivity contribution in [1.29, 1.82) is 0 Å². The lowest BCUT2D eigenvalue weighted by Gasteiger charge is -2.52. The second-order valence-corrected chi connectivity index (χ2v) is 7.77. The summed E-state index contributed by atoms with van der Waals surface area (Å²) in [6, 6.07) is 0.152. The number of likely N-dealkylation sites (tertiary alicyclic amines) is 1. The molecule has 3 fully saturated rings. The summed E-state index contributed by atoms with van der Waals surface area (Å²) >= 11 is 0. The quantitative estimate of drug-likeness (QED) is 0.895. The predicted octanol–water partition coefficient (Wildman–Crippen LogP) is 3.27. The number of nitrogens with zero attached hydrogens (tertiary/aromatic N) is 2. The minimum atomic E-state index is 0.152. The van der Waals surface area contributed by atoms with Crippen molar-refractivity contribution in [2.24, 2.45) is 11.3 Å². The summed E-state index contributed by atoms with van der Waals surface area (Å²) in [6.45, 7) is 2.61. The van der Waals surface area contributed by atoms with Gasteiger partial charge in [0, 0.05) is 37.4 Å². The molecule has 5 nitrogen and oxygen atoms in total. The second-order valence-electron chi connectivity index (χ2n) is 7.77. The van der Waals surface area contributed by atoms with Crippen molar-refractivity contribution < 1.29 is 4.79 Å². The molecule has 2 heterocycles. The van der Waals surface area contributed by atoms with E-state index in [1.54, 1.807) is 6.33 Å². The third kappa shape index (κ3) is 2.86. The maximum atomic E-state index is 12.5. The summed E-state index contributed by atoms with van der Waals surface area (Å²) in [5.41, 5.74) is 1.66. The molecular weight excluding hydrogens is 288 g/mol. The molecule has 1 aromatic heterocycles. The molecule has 2 amide bonds. The topological polar surface area (TPSA) is 61.0 Å². The van der Waals surface area contributed by atoms with Crippen LogP contribution in [0.4, 0.5) is 4.79 Å². The van der Waals surface area contributed by atoms with Crippen LogP contribution in [-0.4, -0.2) is 40.5 Å². The Hall–Kier alpha value is -1.52. The van der Waals surface area contributed by atoms with Crippen molar-refractivity contribution in [1.82, 2.24) is 20.2 Å². The van der Waals surface area contributed by atoms with Crippen LogP contribution in [-0.2, 0) is 0 Å². The van der Waals surface area contributed by atoms with Crippen LogP contribution in [0.15, 0.2) is 12.5 Å². The summed E-state index contributed by atoms with van der Waals surface area (Å²) in [6.07, 6.45) is 13.9. The molecule has 126 valence electrons. The first-order chi connectivity index (χ1) is 11.3. The van der Waals surface area contributed by atoms with Crippen LogP contribution in [0.25, 0.3) is 0 Å². The van der Waals surface area contributed by atoms with Gasteiger partial charge in [-0.2, -0.15) is 0 Å². The Kier molecular flexibility index (Phi) is 4.04. The lowest BCUT2D eigenvalue weighted by molar-refractivity contribution is 0.00420. The minimum Gasteiger partial charge on any atom is -0.348 e. The van der Waals surface area contributed by atoms with Crippen LogP contribution in [0.1, 0.15) is 63.0 Å². The number of aromatic nitrogens is 2. The molecule has 0 bridgehead atoms. The molecule has 3 aliphatic rings. The molecule has 4 rings (SSSR count). The molecule has 0 radical (unpaired) electrons. The first-order valence-corrected chi connectivity index (χ1v) is 9.28. The fraction of sp³-hybridized carbons (Fsp3) is 0.778. The van der Waals surface area contributed by atoms with Gasteiger partial charge in [-0.25, -0.2) is 9.78 Å². The van der Waals surface area contributed by atoms with E-state index < -0.39 is 0 Å². The third-order valence-electron chi connectivity index (χ3n) is 6.65. The number of amides is 2. The van der Waals surface area contributed by atoms with Crippen LogP contribution in [0.2, 0.25) is 0 Å². The van der Waals surface area contributed by atoms with Crippen LogP contribution in [0.5, 0.6) is 0 Å². The number of nitrogens with one attached hydrogen (secondary N) is 2. The summed E-state index contributed by atoms with van der Waals surface area (Å²) < 4.78 is 0. The van der Waals surface area contributed by atoms with Gasteiger partial charge in [0.15, 0.2) is 0 Å². The van der Waals surface area contributed by atoms with E-state index in [1.807, 2.05) is 11.1 Å². The first kappa shape index (κ1) is 15.0. The maximum absolute atomic E-state index is 12.5. The Balaban J connectivity index is 1.25. The lowest BCUT2D eigenvalue weighted by atomic mass is 9.55. The fourth-order valence-corrected chi connectivity index (χ4v) is 4.63. The molecule has 1 aromatic rings. The molecule has 0 unspecified atom stereocenters. The number of H-pyrrole nitrogens is 1. The average molecular weight is 316 g/mol. The van der Waals surface area contributed by atoms with E-state index >= 15 is 0 Å². The fourth-order valence-electron chi connectivity index (χ4n) is 4.63. The van der Waals surface area contributed by atoms with Crippen LogP contribution >= 0.6 is 0 Å². The number of carbonyl (C=O) groups excluding carboxylic acids is 1. The number of piperidine rings is 1. The first-order valence-electron chi connectivity index (χ1n) is 9.28. The molecule has 0 atom stereocenters. The Morgan fingerprint density at radius 3 is 2.57 bits per heavy atom. The molecule has 0 spiro atoms. The molecule has 1 saturated heterocycles. The highest BCUT2D eigenvalue weighted by molar-refractivity contribution is 5.74. The van der Waals surface area contributed by atoms with Crippen LogP contribution in [0, 0.1) is 11.3 Å². The zero-order chi connectivity index (χ0) is 15.7. The summed E-state index contributed by atoms with van der Waals surface area (Å²) in [5, 5.41) is 3.26. The summed E-state index contributed by atoms with van der Waals surface area (Å²) in [4.78, 5) is 21.8. The molecule has 0 aromatic carbocycles. The largest absolute Gasteiger partial charge is 0.348 e. The van der Waals surface area contributed by atoms with Crippen molar-refractivity contribution in [2.45, 2.75) is 57.3 Å². The summed E-state index contributed by atoms with van der Waals surface area (Å²) in [7, 11) is 0. The van der Waals surface area contributed by atoms with Crippen molar-refractivity contribution >= 4 is 6.03 Å². The van der Waals surface area contributed by atoms with Crippen molar-refractivity contribution in [2.75, 3.05) is 19.6 Å². The molecule has 2 saturated carbocycles. The van der Waals surface area contributed by atoms with Gasteiger partial charge in [-0.15, -0.1) is 0 Å². The second kappa shape index (κ2) is 6.17. The maximum Gasteiger partial charge on any atom is 0.317 e. The highest BCUT2D eigenvalue weighted by Crippen LogP contribution is 2.53. The Morgan fingerprint density at radius 2 is 2.04 bits per heavy atom. The van der Waals surface area contributed by atoms with Gasteiger partial charge in [0.2, 0.25) is 0 Å². The highest BCUT2D eigenvalue weighted by atomic mass is 16.2. The van der Waals surface area contributed by atoms with Gasteiger partial charge in [-0.05, 0) is 49.9 Å². The molecule has 23 heavy (non-hydrogen) atoms. The van der Waals surface area contributed by atoms with Gasteiger partial charge in [0.25, 0.3) is 0 Å². The van der Waals surface area contributed by atoms with Crippen molar-refractivity contribution in [3.63, 3.8) is 0 Å². The predicted molar refractivity (Wildman–Crippen MR) is 89.2 cm³/mol. The lowest BCUT2D eigenvalue weighted by Crippen LogP contribution is -2.52. The zero-order valence-electron chi connectivity index (χ0n) is 13.9. The van der Waals surface area contributed by atoms with Gasteiger partial charge in [0.1, 0.15) is 0 Å². The Morgan fingerprint density at radius 1 is 1.26 bits per heavy atom. The van der Waals surface area contributed by atoms with E-state index in [0.29, 0.717) is 11.3 Å². The highest BCUT2D eigenvalue weighted by Gasteiger charge is 2.46. The molecule has 5 heteroatoms. The summed E-state index contributed by atoms with van der Waals surface area (Å²) in [5.74, 6) is 1.40. The number of hydrogen-bond donors (Lipinski definition) is 2. The van der Waals surface area contributed by atoms with Gasteiger partial charge in [-0.3, -0.25) is 0 Å². The number of imidazole rings is 1. The van der Waals surface area contributed by atoms with Gasteiger partial charge >= 0.3 is 6.03 Å².